The maximum absolute atomic E-state index is 12.5. The van der Waals surface area contributed by atoms with Gasteiger partial charge in [-0.3, -0.25) is 9.36 Å². The van der Waals surface area contributed by atoms with Gasteiger partial charge in [0, 0.05) is 24.3 Å². The van der Waals surface area contributed by atoms with Crippen molar-refractivity contribution in [3.8, 4) is 5.69 Å². The van der Waals surface area contributed by atoms with Gasteiger partial charge in [-0.05, 0) is 36.4 Å². The quantitative estimate of drug-likeness (QED) is 0.671. The Hall–Kier alpha value is -2.50. The van der Waals surface area contributed by atoms with E-state index in [0.717, 1.165) is 12.1 Å². The average Bonchev–Trinajstić information content (AvgIpc) is 2.88. The Morgan fingerprint density at radius 1 is 0.900 bits per heavy atom. The van der Waals surface area contributed by atoms with Crippen molar-refractivity contribution in [2.24, 2.45) is 0 Å². The first-order valence-corrected chi connectivity index (χ1v) is 5.83. The molecule has 6 heteroatoms. The van der Waals surface area contributed by atoms with Gasteiger partial charge in [0.05, 0.1) is 5.56 Å². The van der Waals surface area contributed by atoms with Crippen LogP contribution in [0.5, 0.6) is 0 Å². The summed E-state index contributed by atoms with van der Waals surface area (Å²) >= 11 is 0. The minimum atomic E-state index is -4.38. The zero-order chi connectivity index (χ0) is 14.3. The molecule has 1 aromatic carbocycles. The maximum atomic E-state index is 12.5. The van der Waals surface area contributed by atoms with E-state index in [9.17, 15) is 18.0 Å². The number of aromatic nitrogens is 2. The number of hydrogen-bond acceptors (Lipinski definition) is 1. The summed E-state index contributed by atoms with van der Waals surface area (Å²) in [6.45, 7) is 0. The van der Waals surface area contributed by atoms with Crippen LogP contribution in [0.4, 0.5) is 13.2 Å². The van der Waals surface area contributed by atoms with Crippen LogP contribution < -0.4 is 5.56 Å². The van der Waals surface area contributed by atoms with E-state index in [1.807, 2.05) is 0 Å². The second-order valence-electron chi connectivity index (χ2n) is 4.32. The van der Waals surface area contributed by atoms with Crippen molar-refractivity contribution >= 4 is 5.52 Å². The van der Waals surface area contributed by atoms with Gasteiger partial charge in [0.15, 0.2) is 0 Å². The summed E-state index contributed by atoms with van der Waals surface area (Å²) in [5.74, 6) is 0. The first kappa shape index (κ1) is 12.5. The molecule has 0 atom stereocenters. The van der Waals surface area contributed by atoms with E-state index in [-0.39, 0.29) is 5.56 Å². The van der Waals surface area contributed by atoms with Gasteiger partial charge in [-0.25, -0.2) is 0 Å². The molecule has 0 spiro atoms. The molecule has 0 amide bonds. The minimum Gasteiger partial charge on any atom is -0.318 e. The average molecular weight is 278 g/mol. The van der Waals surface area contributed by atoms with Crippen LogP contribution >= 0.6 is 0 Å². The molecule has 0 fully saturated rings. The lowest BCUT2D eigenvalue weighted by Gasteiger charge is -2.09. The fourth-order valence-electron chi connectivity index (χ4n) is 2.05. The molecule has 0 aliphatic rings. The number of alkyl halides is 3. The summed E-state index contributed by atoms with van der Waals surface area (Å²) in [6.07, 6.45) is 0.551. The predicted octanol–water partition coefficient (Wildman–Crippen LogP) is 3.11. The predicted molar refractivity (Wildman–Crippen MR) is 68.0 cm³/mol. The van der Waals surface area contributed by atoms with Crippen LogP contribution in [-0.2, 0) is 6.18 Å². The standard InChI is InChI=1S/C14H9F3N2O/c15-14(16,17)10-3-5-11(6-4-10)19-9-8-18-7-1-2-12(18)13(19)20/h1-9H. The molecular formula is C14H9F3N2O. The Bertz CT molecular complexity index is 813. The first-order chi connectivity index (χ1) is 9.47. The van der Waals surface area contributed by atoms with Gasteiger partial charge in [0.1, 0.15) is 5.52 Å². The second-order valence-corrected chi connectivity index (χ2v) is 4.32. The third kappa shape index (κ3) is 1.99. The molecule has 0 radical (unpaired) electrons. The molecule has 102 valence electrons. The molecule has 3 nitrogen and oxygen atoms in total. The fraction of sp³-hybridized carbons (Fsp3) is 0.0714. The van der Waals surface area contributed by atoms with Crippen molar-refractivity contribution in [2.45, 2.75) is 6.18 Å². The number of halogens is 3. The molecule has 3 rings (SSSR count). The maximum Gasteiger partial charge on any atom is 0.416 e. The van der Waals surface area contributed by atoms with Crippen molar-refractivity contribution in [1.82, 2.24) is 8.97 Å². The van der Waals surface area contributed by atoms with Crippen LogP contribution in [0.3, 0.4) is 0 Å². The summed E-state index contributed by atoms with van der Waals surface area (Å²) in [5.41, 5.74) is -0.158. The molecule has 0 unspecified atom stereocenters. The highest BCUT2D eigenvalue weighted by Crippen LogP contribution is 2.29. The van der Waals surface area contributed by atoms with Crippen LogP contribution in [-0.4, -0.2) is 8.97 Å². The highest BCUT2D eigenvalue weighted by molar-refractivity contribution is 5.48. The highest BCUT2D eigenvalue weighted by Gasteiger charge is 2.30. The first-order valence-electron chi connectivity index (χ1n) is 5.83. The van der Waals surface area contributed by atoms with E-state index in [0.29, 0.717) is 11.2 Å². The molecule has 0 aliphatic heterocycles. The van der Waals surface area contributed by atoms with Crippen molar-refractivity contribution in [1.29, 1.82) is 0 Å². The number of nitrogens with zero attached hydrogens (tertiary/aromatic N) is 2. The number of fused-ring (bicyclic) bond motifs is 1. The highest BCUT2D eigenvalue weighted by atomic mass is 19.4. The van der Waals surface area contributed by atoms with E-state index in [2.05, 4.69) is 0 Å². The Morgan fingerprint density at radius 3 is 2.25 bits per heavy atom. The van der Waals surface area contributed by atoms with E-state index < -0.39 is 11.7 Å². The second kappa shape index (κ2) is 4.26. The Morgan fingerprint density at radius 2 is 1.60 bits per heavy atom. The summed E-state index contributed by atoms with van der Waals surface area (Å²) in [6, 6.07) is 7.87. The van der Waals surface area contributed by atoms with Crippen molar-refractivity contribution in [2.75, 3.05) is 0 Å². The van der Waals surface area contributed by atoms with Gasteiger partial charge in [-0.1, -0.05) is 0 Å². The van der Waals surface area contributed by atoms with Gasteiger partial charge < -0.3 is 4.40 Å². The molecule has 3 aromatic rings. The number of rotatable bonds is 1. The number of benzene rings is 1. The summed E-state index contributed by atoms with van der Waals surface area (Å²) < 4.78 is 40.5. The molecule has 2 heterocycles. The van der Waals surface area contributed by atoms with Gasteiger partial charge in [-0.15, -0.1) is 0 Å². The molecule has 0 N–H and O–H groups in total. The van der Waals surface area contributed by atoms with Crippen molar-refractivity contribution < 1.29 is 13.2 Å². The number of hydrogen-bond donors (Lipinski definition) is 0. The Kier molecular flexibility index (Phi) is 2.67. The van der Waals surface area contributed by atoms with Crippen LogP contribution in [0, 0.1) is 0 Å². The van der Waals surface area contributed by atoms with E-state index >= 15 is 0 Å². The van der Waals surface area contributed by atoms with Gasteiger partial charge in [0.2, 0.25) is 0 Å². The zero-order valence-electron chi connectivity index (χ0n) is 10.1. The third-order valence-corrected chi connectivity index (χ3v) is 3.07. The third-order valence-electron chi connectivity index (χ3n) is 3.07. The lowest BCUT2D eigenvalue weighted by atomic mass is 10.2. The molecule has 20 heavy (non-hydrogen) atoms. The van der Waals surface area contributed by atoms with Crippen LogP contribution in [0.15, 0.2) is 59.8 Å². The molecule has 0 bridgehead atoms. The topological polar surface area (TPSA) is 26.4 Å². The van der Waals surface area contributed by atoms with Gasteiger partial charge >= 0.3 is 6.18 Å². The molecule has 2 aromatic heterocycles. The van der Waals surface area contributed by atoms with Crippen LogP contribution in [0.2, 0.25) is 0 Å². The van der Waals surface area contributed by atoms with Gasteiger partial charge in [-0.2, -0.15) is 13.2 Å². The monoisotopic (exact) mass is 278 g/mol. The molecule has 0 aliphatic carbocycles. The molecular weight excluding hydrogens is 269 g/mol. The van der Waals surface area contributed by atoms with Crippen LogP contribution in [0.1, 0.15) is 5.56 Å². The Labute approximate surface area is 111 Å². The van der Waals surface area contributed by atoms with E-state index in [4.69, 9.17) is 0 Å². The van der Waals surface area contributed by atoms with Crippen molar-refractivity contribution in [3.63, 3.8) is 0 Å². The summed E-state index contributed by atoms with van der Waals surface area (Å²) in [4.78, 5) is 12.2. The van der Waals surface area contributed by atoms with Gasteiger partial charge in [0.25, 0.3) is 5.56 Å². The van der Waals surface area contributed by atoms with Crippen LogP contribution in [0.25, 0.3) is 11.2 Å². The summed E-state index contributed by atoms with van der Waals surface area (Å²) in [7, 11) is 0. The summed E-state index contributed by atoms with van der Waals surface area (Å²) in [5, 5.41) is 0. The molecule has 0 saturated carbocycles. The van der Waals surface area contributed by atoms with E-state index in [1.165, 1.54) is 22.9 Å². The smallest absolute Gasteiger partial charge is 0.318 e. The lowest BCUT2D eigenvalue weighted by Crippen LogP contribution is -2.19. The van der Waals surface area contributed by atoms with E-state index in [1.54, 1.807) is 28.9 Å². The fourth-order valence-corrected chi connectivity index (χ4v) is 2.05. The Balaban J connectivity index is 2.11. The lowest BCUT2D eigenvalue weighted by molar-refractivity contribution is -0.137. The minimum absolute atomic E-state index is 0.280. The van der Waals surface area contributed by atoms with Crippen molar-refractivity contribution in [3.05, 3.63) is 70.9 Å². The largest absolute Gasteiger partial charge is 0.416 e. The SMILES string of the molecule is O=c1c2cccn2ccn1-c1ccc(C(F)(F)F)cc1. The normalized spacial score (nSPS) is 11.9. The zero-order valence-corrected chi connectivity index (χ0v) is 10.1. The molecule has 0 saturated heterocycles.